The standard InChI is InChI=1S/C13H15F2NO3S/c1-16(9-2-4-10(17)5-3-9)20(18,19)11-6-7-12(14)13(15)8-11/h6-9H,2-5H2,1H3. The first-order valence-electron chi connectivity index (χ1n) is 6.27. The number of nitrogens with zero attached hydrogens (tertiary/aromatic N) is 1. The molecule has 0 radical (unpaired) electrons. The van der Waals surface area contributed by atoms with Crippen molar-refractivity contribution < 1.29 is 22.0 Å². The number of sulfonamides is 1. The zero-order valence-corrected chi connectivity index (χ0v) is 11.8. The van der Waals surface area contributed by atoms with Gasteiger partial charge in [-0.1, -0.05) is 0 Å². The molecule has 0 heterocycles. The van der Waals surface area contributed by atoms with Crippen molar-refractivity contribution in [3.63, 3.8) is 0 Å². The van der Waals surface area contributed by atoms with Gasteiger partial charge in [-0.3, -0.25) is 4.79 Å². The lowest BCUT2D eigenvalue weighted by Crippen LogP contribution is -2.39. The summed E-state index contributed by atoms with van der Waals surface area (Å²) < 4.78 is 51.8. The summed E-state index contributed by atoms with van der Waals surface area (Å²) in [4.78, 5) is 10.9. The lowest BCUT2D eigenvalue weighted by atomic mass is 9.95. The van der Waals surface area contributed by atoms with E-state index in [9.17, 15) is 22.0 Å². The fourth-order valence-electron chi connectivity index (χ4n) is 2.29. The molecule has 7 heteroatoms. The number of carbonyl (C=O) groups is 1. The minimum atomic E-state index is -3.88. The molecule has 1 aliphatic rings. The Balaban J connectivity index is 2.25. The molecule has 0 spiro atoms. The van der Waals surface area contributed by atoms with Crippen molar-refractivity contribution in [2.75, 3.05) is 7.05 Å². The number of halogens is 2. The zero-order valence-electron chi connectivity index (χ0n) is 11.0. The molecular formula is C13H15F2NO3S. The molecule has 0 bridgehead atoms. The Morgan fingerprint density at radius 2 is 1.75 bits per heavy atom. The molecule has 1 fully saturated rings. The second-order valence-corrected chi connectivity index (χ2v) is 6.86. The van der Waals surface area contributed by atoms with Gasteiger partial charge in [0.2, 0.25) is 10.0 Å². The number of benzene rings is 1. The average molecular weight is 303 g/mol. The normalized spacial score (nSPS) is 17.7. The number of hydrogen-bond acceptors (Lipinski definition) is 3. The summed E-state index contributed by atoms with van der Waals surface area (Å²) in [5, 5.41) is 0. The van der Waals surface area contributed by atoms with Crippen LogP contribution in [0, 0.1) is 11.6 Å². The van der Waals surface area contributed by atoms with E-state index in [4.69, 9.17) is 0 Å². The van der Waals surface area contributed by atoms with E-state index in [1.807, 2.05) is 0 Å². The fraction of sp³-hybridized carbons (Fsp3) is 0.462. The first kappa shape index (κ1) is 15.1. The van der Waals surface area contributed by atoms with Crippen molar-refractivity contribution in [2.24, 2.45) is 0 Å². The fourth-order valence-corrected chi connectivity index (χ4v) is 3.72. The Morgan fingerprint density at radius 3 is 2.30 bits per heavy atom. The van der Waals surface area contributed by atoms with Crippen LogP contribution in [0.25, 0.3) is 0 Å². The Hall–Kier alpha value is -1.34. The summed E-state index contributed by atoms with van der Waals surface area (Å²) in [7, 11) is -2.48. The van der Waals surface area contributed by atoms with Crippen molar-refractivity contribution in [1.29, 1.82) is 0 Å². The molecule has 0 amide bonds. The molecule has 1 aromatic carbocycles. The highest BCUT2D eigenvalue weighted by Gasteiger charge is 2.31. The molecule has 0 atom stereocenters. The molecule has 1 aliphatic carbocycles. The predicted octanol–water partition coefficient (Wildman–Crippen LogP) is 2.10. The zero-order chi connectivity index (χ0) is 14.9. The van der Waals surface area contributed by atoms with E-state index in [0.717, 1.165) is 16.4 Å². The lowest BCUT2D eigenvalue weighted by Gasteiger charge is -2.29. The third-order valence-corrected chi connectivity index (χ3v) is 5.50. The topological polar surface area (TPSA) is 54.5 Å². The van der Waals surface area contributed by atoms with Crippen LogP contribution < -0.4 is 0 Å². The van der Waals surface area contributed by atoms with Gasteiger partial charge in [0.1, 0.15) is 5.78 Å². The predicted molar refractivity (Wildman–Crippen MR) is 68.6 cm³/mol. The number of ketones is 1. The Kier molecular flexibility index (Phi) is 4.19. The second-order valence-electron chi connectivity index (χ2n) is 4.87. The minimum absolute atomic E-state index is 0.125. The largest absolute Gasteiger partial charge is 0.300 e. The SMILES string of the molecule is CN(C1CCC(=O)CC1)S(=O)(=O)c1ccc(F)c(F)c1. The van der Waals surface area contributed by atoms with Crippen LogP contribution in [-0.2, 0) is 14.8 Å². The van der Waals surface area contributed by atoms with Crippen molar-refractivity contribution in [3.8, 4) is 0 Å². The second kappa shape index (κ2) is 5.57. The van der Waals surface area contributed by atoms with Crippen LogP contribution in [0.2, 0.25) is 0 Å². The minimum Gasteiger partial charge on any atom is -0.300 e. The molecular weight excluding hydrogens is 288 g/mol. The summed E-state index contributed by atoms with van der Waals surface area (Å²) in [5.74, 6) is -2.16. The molecule has 110 valence electrons. The quantitative estimate of drug-likeness (QED) is 0.859. The highest BCUT2D eigenvalue weighted by atomic mass is 32.2. The third kappa shape index (κ3) is 2.88. The van der Waals surface area contributed by atoms with Gasteiger partial charge in [-0.15, -0.1) is 0 Å². The third-order valence-electron chi connectivity index (χ3n) is 3.60. The molecule has 4 nitrogen and oxygen atoms in total. The van der Waals surface area contributed by atoms with Gasteiger partial charge < -0.3 is 0 Å². The van der Waals surface area contributed by atoms with Crippen LogP contribution in [0.3, 0.4) is 0 Å². The van der Waals surface area contributed by atoms with Crippen LogP contribution in [0.5, 0.6) is 0 Å². The lowest BCUT2D eigenvalue weighted by molar-refractivity contribution is -0.120. The van der Waals surface area contributed by atoms with Crippen LogP contribution in [0.4, 0.5) is 8.78 Å². The van der Waals surface area contributed by atoms with E-state index in [1.54, 1.807) is 0 Å². The highest BCUT2D eigenvalue weighted by Crippen LogP contribution is 2.25. The summed E-state index contributed by atoms with van der Waals surface area (Å²) in [5.41, 5.74) is 0. The van der Waals surface area contributed by atoms with Gasteiger partial charge >= 0.3 is 0 Å². The summed E-state index contributed by atoms with van der Waals surface area (Å²) in [6.07, 6.45) is 1.61. The van der Waals surface area contributed by atoms with Gasteiger partial charge in [0.25, 0.3) is 0 Å². The molecule has 0 unspecified atom stereocenters. The number of carbonyl (C=O) groups excluding carboxylic acids is 1. The van der Waals surface area contributed by atoms with Gasteiger partial charge in [-0.2, -0.15) is 4.31 Å². The van der Waals surface area contributed by atoms with Crippen LogP contribution in [0.15, 0.2) is 23.1 Å². The summed E-state index contributed by atoms with van der Waals surface area (Å²) >= 11 is 0. The summed E-state index contributed by atoms with van der Waals surface area (Å²) in [6.45, 7) is 0. The summed E-state index contributed by atoms with van der Waals surface area (Å²) in [6, 6.07) is 2.22. The molecule has 20 heavy (non-hydrogen) atoms. The van der Waals surface area contributed by atoms with Gasteiger partial charge in [-0.05, 0) is 31.0 Å². The van der Waals surface area contributed by atoms with E-state index < -0.39 is 21.7 Å². The van der Waals surface area contributed by atoms with Crippen LogP contribution in [-0.4, -0.2) is 31.6 Å². The maximum atomic E-state index is 13.2. The highest BCUT2D eigenvalue weighted by molar-refractivity contribution is 7.89. The average Bonchev–Trinajstić information content (AvgIpc) is 2.41. The van der Waals surface area contributed by atoms with E-state index in [-0.39, 0.29) is 16.7 Å². The molecule has 0 aromatic heterocycles. The van der Waals surface area contributed by atoms with Gasteiger partial charge in [0.05, 0.1) is 4.90 Å². The van der Waals surface area contributed by atoms with Crippen molar-refractivity contribution in [1.82, 2.24) is 4.31 Å². The Labute approximate surface area is 116 Å². The molecule has 2 rings (SSSR count). The van der Waals surface area contributed by atoms with Gasteiger partial charge in [0.15, 0.2) is 11.6 Å². The van der Waals surface area contributed by atoms with Crippen molar-refractivity contribution in [2.45, 2.75) is 36.6 Å². The van der Waals surface area contributed by atoms with Gasteiger partial charge in [-0.25, -0.2) is 17.2 Å². The Bertz CT molecular complexity index is 621. The first-order chi connectivity index (χ1) is 9.32. The maximum absolute atomic E-state index is 13.2. The number of Topliss-reactive ketones (excluding diaryl/α,β-unsaturated/α-hetero) is 1. The van der Waals surface area contributed by atoms with Crippen molar-refractivity contribution >= 4 is 15.8 Å². The molecule has 1 saturated carbocycles. The Morgan fingerprint density at radius 1 is 1.15 bits per heavy atom. The molecule has 1 aromatic rings. The van der Waals surface area contributed by atoms with Crippen LogP contribution >= 0.6 is 0 Å². The first-order valence-corrected chi connectivity index (χ1v) is 7.71. The van der Waals surface area contributed by atoms with E-state index in [2.05, 4.69) is 0 Å². The smallest absolute Gasteiger partial charge is 0.243 e. The number of hydrogen-bond donors (Lipinski definition) is 0. The van der Waals surface area contributed by atoms with E-state index in [1.165, 1.54) is 7.05 Å². The number of rotatable bonds is 3. The monoisotopic (exact) mass is 303 g/mol. The molecule has 0 saturated heterocycles. The van der Waals surface area contributed by atoms with E-state index in [0.29, 0.717) is 31.7 Å². The maximum Gasteiger partial charge on any atom is 0.243 e. The molecule has 0 N–H and O–H groups in total. The van der Waals surface area contributed by atoms with Crippen molar-refractivity contribution in [3.05, 3.63) is 29.8 Å². The van der Waals surface area contributed by atoms with Gasteiger partial charge in [0, 0.05) is 25.9 Å². The van der Waals surface area contributed by atoms with E-state index >= 15 is 0 Å². The molecule has 0 aliphatic heterocycles. The van der Waals surface area contributed by atoms with Crippen LogP contribution in [0.1, 0.15) is 25.7 Å².